The molecule has 3 heteroatoms. The summed E-state index contributed by atoms with van der Waals surface area (Å²) in [4.78, 5) is 0. The topological polar surface area (TPSA) is 18.5 Å². The first-order valence-electron chi connectivity index (χ1n) is 12.9. The molecular weight excluding hydrogens is 431 g/mol. The molecule has 0 bridgehead atoms. The van der Waals surface area contributed by atoms with E-state index in [-0.39, 0.29) is 27.6 Å². The number of rotatable bonds is 0. The van der Waals surface area contributed by atoms with Crippen LogP contribution in [0.2, 0.25) is 5.79 Å². The van der Waals surface area contributed by atoms with E-state index >= 15 is 0 Å². The number of fused-ring (bicyclic) bond motifs is 2. The molecule has 0 unspecified atom stereocenters. The molecule has 0 N–H and O–H groups in total. The summed E-state index contributed by atoms with van der Waals surface area (Å²) in [7, 11) is 0. The van der Waals surface area contributed by atoms with E-state index in [2.05, 4.69) is 120 Å². The maximum Gasteiger partial charge on any atom is 0.853 e. The number of hydrogen-bond donors (Lipinski definition) is 0. The smallest absolute Gasteiger partial charge is 0.611 e. The van der Waals surface area contributed by atoms with Crippen molar-refractivity contribution in [2.45, 2.75) is 123 Å². The molecule has 3 rings (SSSR count). The molecule has 1 aliphatic heterocycles. The molecule has 2 nitrogen and oxygen atoms in total. The Kier molecular flexibility index (Phi) is 6.87. The van der Waals surface area contributed by atoms with Crippen molar-refractivity contribution in [3.05, 3.63) is 57.6 Å². The lowest BCUT2D eigenvalue weighted by molar-refractivity contribution is 0.395. The molecule has 0 fully saturated rings. The molecule has 1 heterocycles. The highest BCUT2D eigenvalue weighted by Gasteiger charge is 2.38. The number of hydrogen-bond acceptors (Lipinski definition) is 2. The van der Waals surface area contributed by atoms with Gasteiger partial charge in [-0.1, -0.05) is 114 Å². The summed E-state index contributed by atoms with van der Waals surface area (Å²) in [6.07, 6.45) is 0. The van der Waals surface area contributed by atoms with E-state index in [1.54, 1.807) is 0 Å². The van der Waals surface area contributed by atoms with E-state index in [1.165, 1.54) is 33.4 Å². The predicted molar refractivity (Wildman–Crippen MR) is 148 cm³/mol. The van der Waals surface area contributed by atoms with Crippen LogP contribution in [0.1, 0.15) is 129 Å². The number of benzene rings is 2. The second kappa shape index (κ2) is 8.60. The van der Waals surface area contributed by atoms with Crippen molar-refractivity contribution in [1.82, 2.24) is 0 Å². The van der Waals surface area contributed by atoms with Crippen molar-refractivity contribution < 1.29 is 7.58 Å². The van der Waals surface area contributed by atoms with Crippen LogP contribution in [0.15, 0.2) is 24.3 Å². The highest BCUT2D eigenvalue weighted by Crippen LogP contribution is 2.49. The Labute approximate surface area is 214 Å². The highest BCUT2D eigenvalue weighted by molar-refractivity contribution is 6.44. The van der Waals surface area contributed by atoms with Gasteiger partial charge in [0.25, 0.3) is 0 Å². The van der Waals surface area contributed by atoms with Crippen LogP contribution < -0.4 is 7.58 Å². The van der Waals surface area contributed by atoms with Crippen LogP contribution in [0.5, 0.6) is 11.5 Å². The minimum atomic E-state index is -1.99. The fourth-order valence-corrected chi connectivity index (χ4v) is 5.95. The zero-order valence-electron chi connectivity index (χ0n) is 24.3. The molecule has 1 aliphatic rings. The molecule has 0 saturated heterocycles. The van der Waals surface area contributed by atoms with Gasteiger partial charge in [0.2, 0.25) is 0 Å². The van der Waals surface area contributed by atoms with Crippen LogP contribution in [0.4, 0.5) is 0 Å². The van der Waals surface area contributed by atoms with E-state index in [9.17, 15) is 0 Å². The summed E-state index contributed by atoms with van der Waals surface area (Å²) in [6.45, 7) is 29.9. The van der Waals surface area contributed by atoms with Crippen molar-refractivity contribution >= 4 is 14.8 Å². The van der Waals surface area contributed by atoms with Crippen LogP contribution in [0, 0.1) is 0 Å². The molecule has 0 radical (unpaired) electrons. The second-order valence-electron chi connectivity index (χ2n) is 14.4. The van der Waals surface area contributed by atoms with Gasteiger partial charge in [-0.2, -0.15) is 0 Å². The third-order valence-electron chi connectivity index (χ3n) is 7.08. The van der Waals surface area contributed by atoms with Crippen molar-refractivity contribution in [3.8, 4) is 11.5 Å². The van der Waals surface area contributed by atoms with E-state index in [0.29, 0.717) is 0 Å². The van der Waals surface area contributed by atoms with E-state index in [1.807, 2.05) is 0 Å². The van der Waals surface area contributed by atoms with Gasteiger partial charge in [0.1, 0.15) is 0 Å². The molecule has 0 spiro atoms. The van der Waals surface area contributed by atoms with Gasteiger partial charge in [-0.05, 0) is 60.8 Å². The Morgan fingerprint density at radius 3 is 1.15 bits per heavy atom. The molecule has 0 saturated carbocycles. The summed E-state index contributed by atoms with van der Waals surface area (Å²) in [5.41, 5.74) is 7.98. The molecule has 0 aliphatic carbocycles. The van der Waals surface area contributed by atoms with Gasteiger partial charge in [-0.25, -0.2) is 0 Å². The van der Waals surface area contributed by atoms with E-state index in [0.717, 1.165) is 11.5 Å². The summed E-state index contributed by atoms with van der Waals surface area (Å²) in [5, 5.41) is 0. The summed E-state index contributed by atoms with van der Waals surface area (Å²) < 4.78 is 13.5. The Hall–Kier alpha value is -1.43. The Morgan fingerprint density at radius 1 is 0.559 bits per heavy atom. The van der Waals surface area contributed by atoms with E-state index in [4.69, 9.17) is 7.58 Å². The minimum Gasteiger partial charge on any atom is -0.611 e. The Morgan fingerprint density at radius 2 is 0.882 bits per heavy atom. The van der Waals surface area contributed by atoms with Gasteiger partial charge in [-0.3, -0.25) is 0 Å². The first-order valence-corrected chi connectivity index (χ1v) is 15.0. The molecule has 2 aromatic rings. The Balaban J connectivity index is 2.44. The largest absolute Gasteiger partial charge is 0.853 e. The lowest BCUT2D eigenvalue weighted by Gasteiger charge is -2.37. The van der Waals surface area contributed by atoms with Crippen LogP contribution in [-0.4, -0.2) is 14.8 Å². The van der Waals surface area contributed by atoms with Gasteiger partial charge in [0.15, 0.2) is 0 Å². The quantitative estimate of drug-likeness (QED) is 0.352. The summed E-state index contributed by atoms with van der Waals surface area (Å²) >= 11 is -1.99. The first kappa shape index (κ1) is 27.2. The zero-order chi connectivity index (χ0) is 26.0. The monoisotopic (exact) mass is 478 g/mol. The van der Waals surface area contributed by atoms with Gasteiger partial charge >= 0.3 is 14.8 Å². The molecular formula is C31H47AlO2. The summed E-state index contributed by atoms with van der Waals surface area (Å²) in [5.74, 6) is 4.43. The van der Waals surface area contributed by atoms with Gasteiger partial charge in [0, 0.05) is 5.92 Å². The molecule has 0 atom stereocenters. The second-order valence-corrected chi connectivity index (χ2v) is 16.0. The van der Waals surface area contributed by atoms with Crippen LogP contribution in [0.3, 0.4) is 0 Å². The van der Waals surface area contributed by atoms with Crippen LogP contribution in [-0.2, 0) is 21.7 Å². The molecule has 34 heavy (non-hydrogen) atoms. The van der Waals surface area contributed by atoms with Crippen molar-refractivity contribution in [2.24, 2.45) is 0 Å². The minimum absolute atomic E-state index is 0.0228. The normalized spacial score (nSPS) is 15.6. The third kappa shape index (κ3) is 5.37. The van der Waals surface area contributed by atoms with Gasteiger partial charge in [-0.15, -0.1) is 0 Å². The standard InChI is InChI=1S/C30H46O2.CH3.Al/c1-18(21-14-19(27(2,3)4)16-23(25(21)31)29(8,9)10)22-15-20(28(5,6)7)17-24(26(22)32)30(11,12)13;;/h14-18,31-32H,1-13H3;1H3;/q;;+2/p-2. The first-order chi connectivity index (χ1) is 15.2. The average Bonchev–Trinajstić information content (AvgIpc) is 2.63. The van der Waals surface area contributed by atoms with Crippen molar-refractivity contribution in [3.63, 3.8) is 0 Å². The highest BCUT2D eigenvalue weighted by atomic mass is 27.2. The fourth-order valence-electron chi connectivity index (χ4n) is 4.71. The van der Waals surface area contributed by atoms with E-state index < -0.39 is 14.8 Å². The van der Waals surface area contributed by atoms with Crippen LogP contribution >= 0.6 is 0 Å². The Bertz CT molecular complexity index is 984. The third-order valence-corrected chi connectivity index (χ3v) is 8.22. The predicted octanol–water partition coefficient (Wildman–Crippen LogP) is 8.92. The van der Waals surface area contributed by atoms with Crippen molar-refractivity contribution in [2.75, 3.05) is 0 Å². The zero-order valence-corrected chi connectivity index (χ0v) is 25.4. The van der Waals surface area contributed by atoms with Crippen molar-refractivity contribution in [1.29, 1.82) is 0 Å². The molecule has 2 aromatic carbocycles. The van der Waals surface area contributed by atoms with Gasteiger partial charge < -0.3 is 7.58 Å². The fraction of sp³-hybridized carbons (Fsp3) is 0.613. The molecule has 0 aromatic heterocycles. The SMILES string of the molecule is CC1c2cc(C(C)(C)C)cc(C(C)(C)C)c2[O][Al]([CH3])[O]c2c1cc(C(C)(C)C)cc2C(C)(C)C. The average molecular weight is 479 g/mol. The van der Waals surface area contributed by atoms with Crippen LogP contribution in [0.25, 0.3) is 0 Å². The molecule has 186 valence electrons. The summed E-state index contributed by atoms with van der Waals surface area (Å²) in [6, 6.07) is 9.57. The van der Waals surface area contributed by atoms with Gasteiger partial charge in [0.05, 0.1) is 11.5 Å². The lowest BCUT2D eigenvalue weighted by Crippen LogP contribution is -2.33. The lowest BCUT2D eigenvalue weighted by atomic mass is 9.74. The molecule has 0 amide bonds. The maximum atomic E-state index is 6.77. The maximum absolute atomic E-state index is 6.77.